The van der Waals surface area contributed by atoms with Gasteiger partial charge in [0.05, 0.1) is 12.9 Å². The van der Waals surface area contributed by atoms with Gasteiger partial charge in [0.15, 0.2) is 11.5 Å². The second-order valence-electron chi connectivity index (χ2n) is 3.94. The number of thiophene rings is 1. The number of imidazole rings is 1. The third-order valence-corrected chi connectivity index (χ3v) is 3.48. The fourth-order valence-electron chi connectivity index (χ4n) is 1.82. The molecule has 0 fully saturated rings. The van der Waals surface area contributed by atoms with E-state index in [0.717, 1.165) is 17.9 Å². The summed E-state index contributed by atoms with van der Waals surface area (Å²) in [5.74, 6) is 1.01. The maximum atomic E-state index is 5.69. The summed E-state index contributed by atoms with van der Waals surface area (Å²) in [6.07, 6.45) is 1.60. The Morgan fingerprint density at radius 3 is 3.11 bits per heavy atom. The maximum absolute atomic E-state index is 5.69. The number of nitrogens with two attached hydrogens (primary N) is 1. The van der Waals surface area contributed by atoms with Crippen molar-refractivity contribution in [2.24, 2.45) is 0 Å². The highest BCUT2D eigenvalue weighted by Crippen LogP contribution is 2.23. The van der Waals surface area contributed by atoms with Crippen LogP contribution in [-0.4, -0.2) is 27.0 Å². The van der Waals surface area contributed by atoms with Crippen LogP contribution in [-0.2, 0) is 6.54 Å². The highest BCUT2D eigenvalue weighted by molar-refractivity contribution is 7.09. The molecule has 92 valence electrons. The molecular weight excluding hydrogens is 248 g/mol. The summed E-state index contributed by atoms with van der Waals surface area (Å²) in [6, 6.07) is 4.13. The molecule has 0 aromatic carbocycles. The molecule has 0 spiro atoms. The van der Waals surface area contributed by atoms with E-state index in [1.165, 1.54) is 4.88 Å². The van der Waals surface area contributed by atoms with Gasteiger partial charge in [0.2, 0.25) is 5.95 Å². The van der Waals surface area contributed by atoms with Crippen molar-refractivity contribution in [1.29, 1.82) is 0 Å². The van der Waals surface area contributed by atoms with Gasteiger partial charge in [-0.2, -0.15) is 9.97 Å². The molecule has 6 nitrogen and oxygen atoms in total. The SMILES string of the molecule is CN(Cc1cccs1)c1nc(N)nc2nc[nH]c12. The molecule has 0 saturated carbocycles. The van der Waals surface area contributed by atoms with E-state index in [4.69, 9.17) is 5.73 Å². The standard InChI is InChI=1S/C11H12N6S/c1-17(5-7-3-2-4-18-7)10-8-9(14-6-13-8)15-11(12)16-10/h2-4,6H,5H2,1H3,(H3,12,13,14,15,16). The number of aromatic amines is 1. The smallest absolute Gasteiger partial charge is 0.224 e. The Balaban J connectivity index is 2.00. The van der Waals surface area contributed by atoms with Crippen molar-refractivity contribution in [2.45, 2.75) is 6.54 Å². The lowest BCUT2D eigenvalue weighted by Crippen LogP contribution is -2.18. The van der Waals surface area contributed by atoms with Crippen LogP contribution in [0.1, 0.15) is 4.88 Å². The molecule has 0 atom stereocenters. The zero-order valence-electron chi connectivity index (χ0n) is 9.79. The Hall–Kier alpha value is -2.15. The topological polar surface area (TPSA) is 83.7 Å². The average molecular weight is 260 g/mol. The number of aromatic nitrogens is 4. The first-order valence-corrected chi connectivity index (χ1v) is 6.32. The van der Waals surface area contributed by atoms with Crippen LogP contribution >= 0.6 is 11.3 Å². The molecule has 3 rings (SSSR count). The van der Waals surface area contributed by atoms with E-state index in [9.17, 15) is 0 Å². The minimum absolute atomic E-state index is 0.239. The van der Waals surface area contributed by atoms with Crippen molar-refractivity contribution in [3.63, 3.8) is 0 Å². The zero-order valence-corrected chi connectivity index (χ0v) is 10.6. The number of anilines is 2. The van der Waals surface area contributed by atoms with Crippen molar-refractivity contribution in [2.75, 3.05) is 17.7 Å². The van der Waals surface area contributed by atoms with Gasteiger partial charge >= 0.3 is 0 Å². The molecular formula is C11H12N6S. The predicted molar refractivity (Wildman–Crippen MR) is 72.5 cm³/mol. The minimum atomic E-state index is 0.239. The van der Waals surface area contributed by atoms with Crippen LogP contribution in [0.3, 0.4) is 0 Å². The lowest BCUT2D eigenvalue weighted by molar-refractivity contribution is 0.915. The van der Waals surface area contributed by atoms with E-state index in [1.54, 1.807) is 17.7 Å². The van der Waals surface area contributed by atoms with Crippen molar-refractivity contribution in [3.05, 3.63) is 28.7 Å². The van der Waals surface area contributed by atoms with Crippen LogP contribution in [0.15, 0.2) is 23.8 Å². The van der Waals surface area contributed by atoms with Crippen LogP contribution in [0.25, 0.3) is 11.2 Å². The van der Waals surface area contributed by atoms with E-state index < -0.39 is 0 Å². The summed E-state index contributed by atoms with van der Waals surface area (Å²) in [7, 11) is 1.97. The van der Waals surface area contributed by atoms with Crippen LogP contribution in [0.2, 0.25) is 0 Å². The van der Waals surface area contributed by atoms with Crippen molar-refractivity contribution in [1.82, 2.24) is 19.9 Å². The number of nitrogen functional groups attached to an aromatic ring is 1. The number of fused-ring (bicyclic) bond motifs is 1. The third-order valence-electron chi connectivity index (χ3n) is 2.62. The summed E-state index contributed by atoms with van der Waals surface area (Å²) in [5.41, 5.74) is 7.10. The highest BCUT2D eigenvalue weighted by atomic mass is 32.1. The summed E-state index contributed by atoms with van der Waals surface area (Å²) < 4.78 is 0. The first-order valence-electron chi connectivity index (χ1n) is 5.44. The van der Waals surface area contributed by atoms with Gasteiger partial charge < -0.3 is 15.6 Å². The van der Waals surface area contributed by atoms with E-state index in [-0.39, 0.29) is 5.95 Å². The van der Waals surface area contributed by atoms with Gasteiger partial charge in [-0.3, -0.25) is 0 Å². The summed E-state index contributed by atoms with van der Waals surface area (Å²) >= 11 is 1.72. The Labute approximate surface area is 108 Å². The van der Waals surface area contributed by atoms with Gasteiger partial charge in [-0.1, -0.05) is 6.07 Å². The minimum Gasteiger partial charge on any atom is -0.368 e. The molecule has 18 heavy (non-hydrogen) atoms. The van der Waals surface area contributed by atoms with Gasteiger partial charge in [0.25, 0.3) is 0 Å². The van der Waals surface area contributed by atoms with Crippen molar-refractivity contribution in [3.8, 4) is 0 Å². The predicted octanol–water partition coefficient (Wildman–Crippen LogP) is 1.63. The average Bonchev–Trinajstić information content (AvgIpc) is 2.97. The van der Waals surface area contributed by atoms with E-state index in [1.807, 2.05) is 18.0 Å². The number of hydrogen-bond donors (Lipinski definition) is 2. The number of hydrogen-bond acceptors (Lipinski definition) is 6. The van der Waals surface area contributed by atoms with Gasteiger partial charge in [-0.25, -0.2) is 4.98 Å². The maximum Gasteiger partial charge on any atom is 0.224 e. The Morgan fingerprint density at radius 1 is 1.44 bits per heavy atom. The van der Waals surface area contributed by atoms with Crippen LogP contribution in [0.5, 0.6) is 0 Å². The molecule has 3 N–H and O–H groups in total. The molecule has 0 saturated heterocycles. The lowest BCUT2D eigenvalue weighted by atomic mass is 10.4. The summed E-state index contributed by atoms with van der Waals surface area (Å²) in [5, 5.41) is 2.06. The van der Waals surface area contributed by atoms with Gasteiger partial charge in [-0.05, 0) is 11.4 Å². The second-order valence-corrected chi connectivity index (χ2v) is 4.97. The number of nitrogens with one attached hydrogen (secondary N) is 1. The molecule has 0 bridgehead atoms. The number of nitrogens with zero attached hydrogens (tertiary/aromatic N) is 4. The third kappa shape index (κ3) is 1.88. The molecule has 3 aromatic rings. The van der Waals surface area contributed by atoms with Crippen LogP contribution < -0.4 is 10.6 Å². The molecule has 7 heteroatoms. The molecule has 0 aliphatic rings. The number of H-pyrrole nitrogens is 1. The van der Waals surface area contributed by atoms with Crippen molar-refractivity contribution < 1.29 is 0 Å². The van der Waals surface area contributed by atoms with E-state index in [2.05, 4.69) is 31.4 Å². The Bertz CT molecular complexity index is 659. The Morgan fingerprint density at radius 2 is 2.33 bits per heavy atom. The van der Waals surface area contributed by atoms with Gasteiger partial charge in [0, 0.05) is 11.9 Å². The summed E-state index contributed by atoms with van der Waals surface area (Å²) in [4.78, 5) is 18.8. The fraction of sp³-hybridized carbons (Fsp3) is 0.182. The molecule has 3 heterocycles. The van der Waals surface area contributed by atoms with E-state index >= 15 is 0 Å². The fourth-order valence-corrected chi connectivity index (χ4v) is 2.58. The normalized spacial score (nSPS) is 10.9. The monoisotopic (exact) mass is 260 g/mol. The highest BCUT2D eigenvalue weighted by Gasteiger charge is 2.13. The second kappa shape index (κ2) is 4.26. The molecule has 3 aromatic heterocycles. The number of rotatable bonds is 3. The lowest BCUT2D eigenvalue weighted by Gasteiger charge is -2.17. The van der Waals surface area contributed by atoms with Gasteiger partial charge in [0.1, 0.15) is 5.52 Å². The molecule has 0 radical (unpaired) electrons. The van der Waals surface area contributed by atoms with Crippen molar-refractivity contribution >= 4 is 34.3 Å². The molecule has 0 aliphatic heterocycles. The Kier molecular flexibility index (Phi) is 2.60. The molecule has 0 aliphatic carbocycles. The molecule has 0 unspecified atom stereocenters. The quantitative estimate of drug-likeness (QED) is 0.747. The first-order chi connectivity index (χ1) is 8.74. The first kappa shape index (κ1) is 11.0. The van der Waals surface area contributed by atoms with Gasteiger partial charge in [-0.15, -0.1) is 11.3 Å². The largest absolute Gasteiger partial charge is 0.368 e. The van der Waals surface area contributed by atoms with Crippen LogP contribution in [0.4, 0.5) is 11.8 Å². The summed E-state index contributed by atoms with van der Waals surface area (Å²) in [6.45, 7) is 0.780. The van der Waals surface area contributed by atoms with E-state index in [0.29, 0.717) is 5.65 Å². The zero-order chi connectivity index (χ0) is 12.5. The van der Waals surface area contributed by atoms with Crippen LogP contribution in [0, 0.1) is 0 Å². The molecule has 0 amide bonds.